The van der Waals surface area contributed by atoms with Gasteiger partial charge in [-0.2, -0.15) is 0 Å². The van der Waals surface area contributed by atoms with E-state index in [-0.39, 0.29) is 11.0 Å². The van der Waals surface area contributed by atoms with Crippen molar-refractivity contribution in [2.75, 3.05) is 13.2 Å². The van der Waals surface area contributed by atoms with Crippen molar-refractivity contribution in [1.29, 1.82) is 0 Å². The third kappa shape index (κ3) is 7.71. The van der Waals surface area contributed by atoms with Crippen LogP contribution < -0.4 is 5.32 Å². The van der Waals surface area contributed by atoms with E-state index in [9.17, 15) is 0 Å². The molecule has 2 nitrogen and oxygen atoms in total. The van der Waals surface area contributed by atoms with E-state index in [4.69, 9.17) is 4.74 Å². The zero-order valence-corrected chi connectivity index (χ0v) is 14.3. The molecule has 0 aromatic heterocycles. The average Bonchev–Trinajstić information content (AvgIpc) is 2.26. The maximum Gasteiger partial charge on any atom is 0.0717 e. The lowest BCUT2D eigenvalue weighted by Crippen LogP contribution is -2.43. The van der Waals surface area contributed by atoms with Crippen molar-refractivity contribution in [2.24, 2.45) is 5.41 Å². The molecule has 0 atom stereocenters. The second kappa shape index (κ2) is 6.87. The maximum absolute atomic E-state index is 5.84. The Morgan fingerprint density at radius 2 is 1.84 bits per heavy atom. The van der Waals surface area contributed by atoms with Crippen molar-refractivity contribution in [3.05, 3.63) is 34.3 Å². The summed E-state index contributed by atoms with van der Waals surface area (Å²) in [7, 11) is 0. The molecule has 1 aromatic rings. The van der Waals surface area contributed by atoms with Crippen LogP contribution in [0, 0.1) is 5.41 Å². The number of rotatable bonds is 6. The highest BCUT2D eigenvalue weighted by molar-refractivity contribution is 9.10. The van der Waals surface area contributed by atoms with Crippen molar-refractivity contribution in [2.45, 2.75) is 46.8 Å². The highest BCUT2D eigenvalue weighted by Crippen LogP contribution is 2.18. The van der Waals surface area contributed by atoms with Crippen LogP contribution in [0.2, 0.25) is 0 Å². The quantitative estimate of drug-likeness (QED) is 0.837. The predicted octanol–water partition coefficient (Wildman–Crippen LogP) is 4.38. The van der Waals surface area contributed by atoms with Gasteiger partial charge in [-0.05, 0) is 38.5 Å². The standard InChI is InChI=1S/C16H26BrNO/c1-15(2,3)18-11-16(4,5)12-19-10-13-7-6-8-14(17)9-13/h6-9,18H,10-12H2,1-5H3. The number of hydrogen-bond acceptors (Lipinski definition) is 2. The molecular weight excluding hydrogens is 302 g/mol. The van der Waals surface area contributed by atoms with Crippen LogP contribution in [-0.2, 0) is 11.3 Å². The molecule has 1 aromatic carbocycles. The van der Waals surface area contributed by atoms with Crippen molar-refractivity contribution in [3.63, 3.8) is 0 Å². The third-order valence-electron chi connectivity index (χ3n) is 2.75. The van der Waals surface area contributed by atoms with Crippen LogP contribution in [0.25, 0.3) is 0 Å². The lowest BCUT2D eigenvalue weighted by Gasteiger charge is -2.30. The van der Waals surface area contributed by atoms with Crippen LogP contribution in [0.1, 0.15) is 40.2 Å². The van der Waals surface area contributed by atoms with E-state index in [1.54, 1.807) is 0 Å². The van der Waals surface area contributed by atoms with Gasteiger partial charge in [0.05, 0.1) is 13.2 Å². The molecule has 0 saturated heterocycles. The highest BCUT2D eigenvalue weighted by Gasteiger charge is 2.21. The average molecular weight is 328 g/mol. The van der Waals surface area contributed by atoms with Gasteiger partial charge in [-0.3, -0.25) is 0 Å². The summed E-state index contributed by atoms with van der Waals surface area (Å²) in [6.45, 7) is 13.4. The predicted molar refractivity (Wildman–Crippen MR) is 85.3 cm³/mol. The molecule has 0 bridgehead atoms. The second-order valence-corrected chi connectivity index (χ2v) is 7.81. The van der Waals surface area contributed by atoms with Gasteiger partial charge in [0.1, 0.15) is 0 Å². The Bertz CT molecular complexity index is 396. The number of hydrogen-bond donors (Lipinski definition) is 1. The molecule has 0 amide bonds. The van der Waals surface area contributed by atoms with Gasteiger partial charge in [-0.25, -0.2) is 0 Å². The largest absolute Gasteiger partial charge is 0.376 e. The van der Waals surface area contributed by atoms with Crippen LogP contribution in [-0.4, -0.2) is 18.7 Å². The van der Waals surface area contributed by atoms with E-state index >= 15 is 0 Å². The van der Waals surface area contributed by atoms with Crippen LogP contribution in [0.3, 0.4) is 0 Å². The van der Waals surface area contributed by atoms with Crippen LogP contribution >= 0.6 is 15.9 Å². The topological polar surface area (TPSA) is 21.3 Å². The lowest BCUT2D eigenvalue weighted by molar-refractivity contribution is 0.0483. The van der Waals surface area contributed by atoms with E-state index in [1.807, 2.05) is 12.1 Å². The number of halogens is 1. The minimum atomic E-state index is 0.138. The molecule has 0 aliphatic heterocycles. The zero-order valence-electron chi connectivity index (χ0n) is 12.7. The molecule has 0 aliphatic rings. The first kappa shape index (κ1) is 16.7. The Morgan fingerprint density at radius 3 is 2.42 bits per heavy atom. The van der Waals surface area contributed by atoms with E-state index in [0.717, 1.165) is 17.6 Å². The summed E-state index contributed by atoms with van der Waals surface area (Å²) < 4.78 is 6.94. The van der Waals surface area contributed by atoms with Crippen molar-refractivity contribution < 1.29 is 4.74 Å². The molecule has 108 valence electrons. The van der Waals surface area contributed by atoms with Crippen LogP contribution in [0.15, 0.2) is 28.7 Å². The minimum absolute atomic E-state index is 0.138. The monoisotopic (exact) mass is 327 g/mol. The van der Waals surface area contributed by atoms with Crippen molar-refractivity contribution in [3.8, 4) is 0 Å². The lowest BCUT2D eigenvalue weighted by atomic mass is 9.93. The van der Waals surface area contributed by atoms with Gasteiger partial charge in [-0.15, -0.1) is 0 Å². The summed E-state index contributed by atoms with van der Waals surface area (Å²) in [6, 6.07) is 8.25. The molecule has 0 fully saturated rings. The first-order valence-corrected chi connectivity index (χ1v) is 7.54. The van der Waals surface area contributed by atoms with Crippen molar-refractivity contribution >= 4 is 15.9 Å². The molecule has 1 rings (SSSR count). The number of benzene rings is 1. The molecule has 0 aliphatic carbocycles. The Kier molecular flexibility index (Phi) is 6.03. The van der Waals surface area contributed by atoms with E-state index in [0.29, 0.717) is 6.61 Å². The Balaban J connectivity index is 2.35. The Morgan fingerprint density at radius 1 is 1.16 bits per heavy atom. The summed E-state index contributed by atoms with van der Waals surface area (Å²) in [5.74, 6) is 0. The maximum atomic E-state index is 5.84. The number of nitrogens with one attached hydrogen (secondary N) is 1. The summed E-state index contributed by atoms with van der Waals surface area (Å²) in [4.78, 5) is 0. The second-order valence-electron chi connectivity index (χ2n) is 6.89. The van der Waals surface area contributed by atoms with E-state index < -0.39 is 0 Å². The fraction of sp³-hybridized carbons (Fsp3) is 0.625. The molecule has 0 saturated carbocycles. The van der Waals surface area contributed by atoms with E-state index in [1.165, 1.54) is 5.56 Å². The Labute approximate surface area is 126 Å². The third-order valence-corrected chi connectivity index (χ3v) is 3.24. The first-order chi connectivity index (χ1) is 8.68. The molecule has 0 unspecified atom stereocenters. The molecule has 0 spiro atoms. The fourth-order valence-corrected chi connectivity index (χ4v) is 2.07. The molecule has 19 heavy (non-hydrogen) atoms. The minimum Gasteiger partial charge on any atom is -0.376 e. The Hall–Kier alpha value is -0.380. The summed E-state index contributed by atoms with van der Waals surface area (Å²) >= 11 is 3.47. The first-order valence-electron chi connectivity index (χ1n) is 6.75. The smallest absolute Gasteiger partial charge is 0.0717 e. The van der Waals surface area contributed by atoms with Crippen molar-refractivity contribution in [1.82, 2.24) is 5.32 Å². The summed E-state index contributed by atoms with van der Waals surface area (Å²) in [6.07, 6.45) is 0. The highest BCUT2D eigenvalue weighted by atomic mass is 79.9. The normalized spacial score (nSPS) is 12.7. The van der Waals surface area contributed by atoms with Crippen LogP contribution in [0.5, 0.6) is 0 Å². The number of ether oxygens (including phenoxy) is 1. The van der Waals surface area contributed by atoms with Crippen LogP contribution in [0.4, 0.5) is 0 Å². The van der Waals surface area contributed by atoms with E-state index in [2.05, 4.69) is 68.0 Å². The SMILES string of the molecule is CC(C)(CNC(C)(C)C)COCc1cccc(Br)c1. The van der Waals surface area contributed by atoms with Gasteiger partial charge in [-0.1, -0.05) is 41.9 Å². The van der Waals surface area contributed by atoms with Gasteiger partial charge in [0.25, 0.3) is 0 Å². The van der Waals surface area contributed by atoms with Gasteiger partial charge in [0, 0.05) is 22.0 Å². The van der Waals surface area contributed by atoms with Gasteiger partial charge in [0.15, 0.2) is 0 Å². The van der Waals surface area contributed by atoms with Gasteiger partial charge in [0.2, 0.25) is 0 Å². The van der Waals surface area contributed by atoms with Gasteiger partial charge >= 0.3 is 0 Å². The molecule has 1 N–H and O–H groups in total. The molecule has 0 heterocycles. The molecular formula is C16H26BrNO. The van der Waals surface area contributed by atoms with Gasteiger partial charge < -0.3 is 10.1 Å². The summed E-state index contributed by atoms with van der Waals surface area (Å²) in [5.41, 5.74) is 1.50. The zero-order chi connectivity index (χ0) is 14.5. The molecule has 3 heteroatoms. The summed E-state index contributed by atoms with van der Waals surface area (Å²) in [5, 5.41) is 3.53. The molecule has 0 radical (unpaired) electrons. The fourth-order valence-electron chi connectivity index (χ4n) is 1.63.